The topological polar surface area (TPSA) is 45.2 Å². The number of amides is 1. The van der Waals surface area contributed by atoms with E-state index in [1.165, 1.54) is 37.1 Å². The van der Waals surface area contributed by atoms with Crippen LogP contribution in [0.5, 0.6) is 0 Å². The zero-order chi connectivity index (χ0) is 15.8. The SMILES string of the molecule is Cc1csc(C2CCCN(C(=O)CC3CC4CCC(C3)N4)C2)n1. The summed E-state index contributed by atoms with van der Waals surface area (Å²) in [5, 5.41) is 7.02. The highest BCUT2D eigenvalue weighted by Crippen LogP contribution is 2.34. The van der Waals surface area contributed by atoms with E-state index in [2.05, 4.69) is 27.5 Å². The molecule has 3 saturated heterocycles. The van der Waals surface area contributed by atoms with Crippen LogP contribution in [0.3, 0.4) is 0 Å². The van der Waals surface area contributed by atoms with Gasteiger partial charge in [-0.05, 0) is 51.4 Å². The number of hydrogen-bond donors (Lipinski definition) is 1. The fraction of sp³-hybridized carbons (Fsp3) is 0.778. The first-order chi connectivity index (χ1) is 11.2. The summed E-state index contributed by atoms with van der Waals surface area (Å²) in [6.07, 6.45) is 8.07. The van der Waals surface area contributed by atoms with Crippen molar-refractivity contribution in [2.45, 2.75) is 69.9 Å². The van der Waals surface area contributed by atoms with Crippen LogP contribution in [0.25, 0.3) is 0 Å². The lowest BCUT2D eigenvalue weighted by atomic mass is 9.88. The molecule has 1 aromatic rings. The monoisotopic (exact) mass is 333 g/mol. The van der Waals surface area contributed by atoms with Crippen molar-refractivity contribution in [1.29, 1.82) is 0 Å². The fourth-order valence-electron chi connectivity index (χ4n) is 4.68. The van der Waals surface area contributed by atoms with Gasteiger partial charge in [0.1, 0.15) is 0 Å². The molecule has 3 aliphatic heterocycles. The predicted octanol–water partition coefficient (Wildman–Crippen LogP) is 3.08. The van der Waals surface area contributed by atoms with E-state index < -0.39 is 0 Å². The van der Waals surface area contributed by atoms with Crippen LogP contribution in [-0.4, -0.2) is 41.0 Å². The van der Waals surface area contributed by atoms with E-state index >= 15 is 0 Å². The van der Waals surface area contributed by atoms with Gasteiger partial charge in [0.05, 0.1) is 5.01 Å². The van der Waals surface area contributed by atoms with Crippen molar-refractivity contribution in [1.82, 2.24) is 15.2 Å². The molecule has 23 heavy (non-hydrogen) atoms. The minimum Gasteiger partial charge on any atom is -0.342 e. The number of piperidine rings is 2. The van der Waals surface area contributed by atoms with E-state index in [1.54, 1.807) is 11.3 Å². The summed E-state index contributed by atoms with van der Waals surface area (Å²) < 4.78 is 0. The Bertz CT molecular complexity index is 560. The molecule has 2 bridgehead atoms. The first-order valence-corrected chi connectivity index (χ1v) is 10.0. The van der Waals surface area contributed by atoms with E-state index in [0.29, 0.717) is 29.8 Å². The van der Waals surface area contributed by atoms with Crippen LogP contribution in [0.15, 0.2) is 5.38 Å². The number of carbonyl (C=O) groups excluding carboxylic acids is 1. The van der Waals surface area contributed by atoms with Crippen LogP contribution < -0.4 is 5.32 Å². The highest BCUT2D eigenvalue weighted by atomic mass is 32.1. The van der Waals surface area contributed by atoms with Gasteiger partial charge in [-0.25, -0.2) is 4.98 Å². The van der Waals surface area contributed by atoms with Gasteiger partial charge < -0.3 is 10.2 Å². The minimum atomic E-state index is 0.384. The summed E-state index contributed by atoms with van der Waals surface area (Å²) in [6.45, 7) is 3.87. The third-order valence-corrected chi connectivity index (χ3v) is 6.92. The van der Waals surface area contributed by atoms with E-state index in [1.807, 2.05) is 0 Å². The number of aryl methyl sites for hydroxylation is 1. The Kier molecular flexibility index (Phi) is 4.41. The number of fused-ring (bicyclic) bond motifs is 2. The van der Waals surface area contributed by atoms with Gasteiger partial charge in [-0.3, -0.25) is 4.79 Å². The minimum absolute atomic E-state index is 0.384. The molecule has 1 aromatic heterocycles. The highest BCUT2D eigenvalue weighted by Gasteiger charge is 2.35. The maximum Gasteiger partial charge on any atom is 0.222 e. The van der Waals surface area contributed by atoms with Crippen LogP contribution in [0.2, 0.25) is 0 Å². The van der Waals surface area contributed by atoms with Crippen LogP contribution in [0, 0.1) is 12.8 Å². The van der Waals surface area contributed by atoms with Crippen molar-refractivity contribution >= 4 is 17.2 Å². The lowest BCUT2D eigenvalue weighted by Crippen LogP contribution is -2.43. The van der Waals surface area contributed by atoms with E-state index in [-0.39, 0.29) is 0 Å². The average Bonchev–Trinajstić information content (AvgIpc) is 3.13. The first kappa shape index (κ1) is 15.6. The Hall–Kier alpha value is -0.940. The molecule has 4 heterocycles. The molecule has 4 rings (SSSR count). The van der Waals surface area contributed by atoms with Crippen LogP contribution in [0.1, 0.15) is 61.6 Å². The largest absolute Gasteiger partial charge is 0.342 e. The first-order valence-electron chi connectivity index (χ1n) is 9.13. The molecule has 0 aromatic carbocycles. The summed E-state index contributed by atoms with van der Waals surface area (Å²) in [4.78, 5) is 19.5. The summed E-state index contributed by atoms with van der Waals surface area (Å²) in [5.74, 6) is 1.44. The van der Waals surface area contributed by atoms with Crippen molar-refractivity contribution < 1.29 is 4.79 Å². The Labute approximate surface area is 142 Å². The van der Waals surface area contributed by atoms with Gasteiger partial charge in [-0.2, -0.15) is 0 Å². The summed E-state index contributed by atoms with van der Waals surface area (Å²) in [5.41, 5.74) is 1.11. The quantitative estimate of drug-likeness (QED) is 0.924. The molecule has 3 atom stereocenters. The summed E-state index contributed by atoms with van der Waals surface area (Å²) >= 11 is 1.76. The Balaban J connectivity index is 1.34. The number of thiazole rings is 1. The molecule has 3 aliphatic rings. The molecule has 0 saturated carbocycles. The summed E-state index contributed by atoms with van der Waals surface area (Å²) in [6, 6.07) is 1.36. The molecule has 1 N–H and O–H groups in total. The van der Waals surface area contributed by atoms with Gasteiger partial charge in [0, 0.05) is 48.6 Å². The van der Waals surface area contributed by atoms with Gasteiger partial charge in [0.15, 0.2) is 0 Å². The molecule has 3 unspecified atom stereocenters. The number of aromatic nitrogens is 1. The maximum absolute atomic E-state index is 12.8. The van der Waals surface area contributed by atoms with Crippen molar-refractivity contribution in [2.75, 3.05) is 13.1 Å². The van der Waals surface area contributed by atoms with Crippen molar-refractivity contribution in [3.05, 3.63) is 16.1 Å². The fourth-order valence-corrected chi connectivity index (χ4v) is 5.61. The lowest BCUT2D eigenvalue weighted by molar-refractivity contribution is -0.133. The van der Waals surface area contributed by atoms with Gasteiger partial charge in [0.25, 0.3) is 0 Å². The zero-order valence-electron chi connectivity index (χ0n) is 14.0. The smallest absolute Gasteiger partial charge is 0.222 e. The number of carbonyl (C=O) groups is 1. The van der Waals surface area contributed by atoms with Crippen molar-refractivity contribution in [2.24, 2.45) is 5.92 Å². The Morgan fingerprint density at radius 2 is 2.13 bits per heavy atom. The molecular formula is C18H27N3OS. The second-order valence-corrected chi connectivity index (χ2v) is 8.58. The molecule has 3 fully saturated rings. The standard InChI is InChI=1S/C18H27N3OS/c1-12-11-23-18(19-12)14-3-2-6-21(10-14)17(22)9-13-7-15-4-5-16(8-13)20-15/h11,13-16,20H,2-10H2,1H3. The summed E-state index contributed by atoms with van der Waals surface area (Å²) in [7, 11) is 0. The molecular weight excluding hydrogens is 306 g/mol. The van der Waals surface area contributed by atoms with Gasteiger partial charge >= 0.3 is 0 Å². The maximum atomic E-state index is 12.8. The van der Waals surface area contributed by atoms with Gasteiger partial charge in [-0.15, -0.1) is 11.3 Å². The third kappa shape index (κ3) is 3.45. The molecule has 0 spiro atoms. The van der Waals surface area contributed by atoms with E-state index in [4.69, 9.17) is 0 Å². The van der Waals surface area contributed by atoms with E-state index in [0.717, 1.165) is 31.6 Å². The lowest BCUT2D eigenvalue weighted by Gasteiger charge is -2.34. The third-order valence-electron chi connectivity index (χ3n) is 5.79. The average molecular weight is 334 g/mol. The molecule has 126 valence electrons. The number of rotatable bonds is 3. The van der Waals surface area contributed by atoms with Crippen molar-refractivity contribution in [3.63, 3.8) is 0 Å². The highest BCUT2D eigenvalue weighted by molar-refractivity contribution is 7.09. The van der Waals surface area contributed by atoms with Crippen LogP contribution >= 0.6 is 11.3 Å². The molecule has 4 nitrogen and oxygen atoms in total. The number of hydrogen-bond acceptors (Lipinski definition) is 4. The Morgan fingerprint density at radius 3 is 2.83 bits per heavy atom. The second-order valence-electron chi connectivity index (χ2n) is 7.69. The van der Waals surface area contributed by atoms with E-state index in [9.17, 15) is 4.79 Å². The van der Waals surface area contributed by atoms with Crippen LogP contribution in [-0.2, 0) is 4.79 Å². The zero-order valence-corrected chi connectivity index (χ0v) is 14.8. The predicted molar refractivity (Wildman–Crippen MR) is 92.7 cm³/mol. The van der Waals surface area contributed by atoms with Gasteiger partial charge in [0.2, 0.25) is 5.91 Å². The molecule has 0 aliphatic carbocycles. The molecule has 1 amide bonds. The molecule has 5 heteroatoms. The van der Waals surface area contributed by atoms with Crippen LogP contribution in [0.4, 0.5) is 0 Å². The number of nitrogens with one attached hydrogen (secondary N) is 1. The number of likely N-dealkylation sites (tertiary alicyclic amines) is 1. The van der Waals surface area contributed by atoms with Gasteiger partial charge in [-0.1, -0.05) is 0 Å². The van der Waals surface area contributed by atoms with Crippen molar-refractivity contribution in [3.8, 4) is 0 Å². The second kappa shape index (κ2) is 6.52. The normalized spacial score (nSPS) is 33.9. The number of nitrogens with zero attached hydrogens (tertiary/aromatic N) is 2. The molecule has 0 radical (unpaired) electrons. The Morgan fingerprint density at radius 1 is 1.35 bits per heavy atom.